The molecule has 130 valence electrons. The first-order valence-corrected chi connectivity index (χ1v) is 7.44. The van der Waals surface area contributed by atoms with Gasteiger partial charge in [0.15, 0.2) is 5.70 Å². The quantitative estimate of drug-likeness (QED) is 0.349. The summed E-state index contributed by atoms with van der Waals surface area (Å²) in [5.74, 6) is -0.754. The summed E-state index contributed by atoms with van der Waals surface area (Å²) in [5, 5.41) is 21.6. The van der Waals surface area contributed by atoms with Crippen molar-refractivity contribution in [1.29, 1.82) is 0 Å². The monoisotopic (exact) mass is 373 g/mol. The van der Waals surface area contributed by atoms with Gasteiger partial charge in [-0.05, 0) is 29.8 Å². The van der Waals surface area contributed by atoms with Crippen molar-refractivity contribution >= 4 is 40.9 Å². The summed E-state index contributed by atoms with van der Waals surface area (Å²) in [4.78, 5) is 36.4. The summed E-state index contributed by atoms with van der Waals surface area (Å²) in [7, 11) is 0. The van der Waals surface area contributed by atoms with Crippen LogP contribution in [0.3, 0.4) is 0 Å². The number of nitro groups is 2. The van der Waals surface area contributed by atoms with Gasteiger partial charge in [-0.25, -0.2) is 9.79 Å². The Hall–Kier alpha value is -3.59. The Kier molecular flexibility index (Phi) is 4.46. The number of esters is 1. The molecule has 0 saturated heterocycles. The fraction of sp³-hybridized carbons (Fsp3) is 0. The van der Waals surface area contributed by atoms with Crippen molar-refractivity contribution in [2.45, 2.75) is 0 Å². The lowest BCUT2D eigenvalue weighted by Crippen LogP contribution is -2.05. The molecule has 3 rings (SSSR count). The largest absolute Gasteiger partial charge is 0.402 e. The third kappa shape index (κ3) is 3.42. The zero-order valence-corrected chi connectivity index (χ0v) is 13.5. The average molecular weight is 374 g/mol. The maximum atomic E-state index is 12.0. The minimum absolute atomic E-state index is 0.0142. The molecule has 0 saturated carbocycles. The predicted octanol–water partition coefficient (Wildman–Crippen LogP) is 3.50. The predicted molar refractivity (Wildman–Crippen MR) is 91.8 cm³/mol. The highest BCUT2D eigenvalue weighted by Crippen LogP contribution is 2.27. The van der Waals surface area contributed by atoms with Crippen molar-refractivity contribution in [1.82, 2.24) is 0 Å². The number of halogens is 1. The third-order valence-corrected chi connectivity index (χ3v) is 3.74. The van der Waals surface area contributed by atoms with Gasteiger partial charge in [0, 0.05) is 23.8 Å². The molecule has 9 nitrogen and oxygen atoms in total. The van der Waals surface area contributed by atoms with Gasteiger partial charge in [0.1, 0.15) is 5.02 Å². The van der Waals surface area contributed by atoms with E-state index >= 15 is 0 Å². The molecular weight excluding hydrogens is 366 g/mol. The minimum atomic E-state index is -0.740. The van der Waals surface area contributed by atoms with Crippen LogP contribution in [0.5, 0.6) is 0 Å². The molecule has 0 fully saturated rings. The van der Waals surface area contributed by atoms with Crippen LogP contribution in [-0.4, -0.2) is 21.7 Å². The Labute approximate surface area is 150 Å². The number of aliphatic imine (C=N–C) groups is 1. The molecule has 1 aliphatic heterocycles. The molecule has 1 aliphatic rings. The van der Waals surface area contributed by atoms with Crippen LogP contribution >= 0.6 is 11.6 Å². The van der Waals surface area contributed by atoms with Gasteiger partial charge < -0.3 is 4.74 Å². The molecule has 26 heavy (non-hydrogen) atoms. The van der Waals surface area contributed by atoms with Crippen LogP contribution in [0, 0.1) is 20.2 Å². The molecular formula is C16H8ClN3O6. The fourth-order valence-corrected chi connectivity index (χ4v) is 2.36. The standard InChI is InChI=1S/C16H8ClN3O6/c17-12-6-1-9(8-14(12)20(24)25)7-13-16(21)26-15(18-13)10-2-4-11(5-3-10)19(22)23/h1-8H/b13-7-. The topological polar surface area (TPSA) is 125 Å². The second-order valence-electron chi connectivity index (χ2n) is 5.11. The van der Waals surface area contributed by atoms with Gasteiger partial charge in [-0.15, -0.1) is 0 Å². The van der Waals surface area contributed by atoms with Gasteiger partial charge in [0.2, 0.25) is 5.90 Å². The average Bonchev–Trinajstić information content (AvgIpc) is 2.97. The molecule has 0 radical (unpaired) electrons. The number of hydrogen-bond acceptors (Lipinski definition) is 7. The van der Waals surface area contributed by atoms with Crippen molar-refractivity contribution in [3.05, 3.63) is 84.5 Å². The number of carbonyl (C=O) groups is 1. The smallest absolute Gasteiger partial charge is 0.363 e. The Balaban J connectivity index is 1.92. The van der Waals surface area contributed by atoms with E-state index in [1.807, 2.05) is 0 Å². The van der Waals surface area contributed by atoms with Crippen LogP contribution in [0.15, 0.2) is 53.2 Å². The van der Waals surface area contributed by atoms with Crippen molar-refractivity contribution in [2.75, 3.05) is 0 Å². The van der Waals surface area contributed by atoms with Gasteiger partial charge in [-0.3, -0.25) is 20.2 Å². The molecule has 0 amide bonds. The van der Waals surface area contributed by atoms with E-state index in [0.717, 1.165) is 0 Å². The van der Waals surface area contributed by atoms with E-state index in [1.165, 1.54) is 48.5 Å². The zero-order chi connectivity index (χ0) is 18.8. The number of nitrogens with zero attached hydrogens (tertiary/aromatic N) is 3. The molecule has 0 atom stereocenters. The molecule has 2 aromatic carbocycles. The van der Waals surface area contributed by atoms with Crippen LogP contribution in [-0.2, 0) is 9.53 Å². The molecule has 1 heterocycles. The zero-order valence-electron chi connectivity index (χ0n) is 12.8. The minimum Gasteiger partial charge on any atom is -0.402 e. The summed E-state index contributed by atoms with van der Waals surface area (Å²) in [6.07, 6.45) is 1.32. The number of hydrogen-bond donors (Lipinski definition) is 0. The molecule has 0 N–H and O–H groups in total. The van der Waals surface area contributed by atoms with Gasteiger partial charge in [0.05, 0.1) is 9.85 Å². The summed E-state index contributed by atoms with van der Waals surface area (Å²) >= 11 is 5.75. The van der Waals surface area contributed by atoms with E-state index in [1.54, 1.807) is 0 Å². The van der Waals surface area contributed by atoms with Gasteiger partial charge in [-0.2, -0.15) is 0 Å². The lowest BCUT2D eigenvalue weighted by Gasteiger charge is -1.98. The summed E-state index contributed by atoms with van der Waals surface area (Å²) in [6, 6.07) is 9.37. The molecule has 0 aromatic heterocycles. The summed E-state index contributed by atoms with van der Waals surface area (Å²) in [6.45, 7) is 0. The normalized spacial score (nSPS) is 14.9. The number of non-ortho nitro benzene ring substituents is 1. The highest BCUT2D eigenvalue weighted by atomic mass is 35.5. The van der Waals surface area contributed by atoms with Crippen molar-refractivity contribution in [3.8, 4) is 0 Å². The number of nitro benzene ring substituents is 2. The highest BCUT2D eigenvalue weighted by Gasteiger charge is 2.25. The van der Waals surface area contributed by atoms with E-state index in [2.05, 4.69) is 4.99 Å². The number of cyclic esters (lactones) is 1. The first-order chi connectivity index (χ1) is 12.3. The lowest BCUT2D eigenvalue weighted by molar-refractivity contribution is -0.385. The van der Waals surface area contributed by atoms with E-state index in [9.17, 15) is 25.0 Å². The van der Waals surface area contributed by atoms with Gasteiger partial charge >= 0.3 is 5.97 Å². The number of ether oxygens (including phenoxy) is 1. The molecule has 2 aromatic rings. The van der Waals surface area contributed by atoms with Crippen LogP contribution in [0.25, 0.3) is 6.08 Å². The second-order valence-corrected chi connectivity index (χ2v) is 5.52. The Morgan fingerprint density at radius 2 is 1.73 bits per heavy atom. The summed E-state index contributed by atoms with van der Waals surface area (Å²) < 4.78 is 5.05. The maximum Gasteiger partial charge on any atom is 0.363 e. The number of carbonyl (C=O) groups excluding carboxylic acids is 1. The van der Waals surface area contributed by atoms with Crippen LogP contribution in [0.1, 0.15) is 11.1 Å². The van der Waals surface area contributed by atoms with Crippen molar-refractivity contribution < 1.29 is 19.4 Å². The van der Waals surface area contributed by atoms with Gasteiger partial charge in [-0.1, -0.05) is 17.7 Å². The van der Waals surface area contributed by atoms with E-state index in [-0.39, 0.29) is 28.0 Å². The molecule has 10 heteroatoms. The fourth-order valence-electron chi connectivity index (χ4n) is 2.18. The van der Waals surface area contributed by atoms with Crippen molar-refractivity contribution in [3.63, 3.8) is 0 Å². The lowest BCUT2D eigenvalue weighted by atomic mass is 10.1. The van der Waals surface area contributed by atoms with Crippen LogP contribution in [0.2, 0.25) is 5.02 Å². The number of benzene rings is 2. The van der Waals surface area contributed by atoms with Gasteiger partial charge in [0.25, 0.3) is 11.4 Å². The first-order valence-electron chi connectivity index (χ1n) is 7.06. The van der Waals surface area contributed by atoms with Crippen LogP contribution in [0.4, 0.5) is 11.4 Å². The third-order valence-electron chi connectivity index (χ3n) is 3.42. The highest BCUT2D eigenvalue weighted by molar-refractivity contribution is 6.32. The Morgan fingerprint density at radius 3 is 2.35 bits per heavy atom. The number of rotatable bonds is 4. The molecule has 0 bridgehead atoms. The molecule has 0 spiro atoms. The van der Waals surface area contributed by atoms with Crippen LogP contribution < -0.4 is 0 Å². The Bertz CT molecular complexity index is 998. The first kappa shape index (κ1) is 17.2. The van der Waals surface area contributed by atoms with Crippen molar-refractivity contribution in [2.24, 2.45) is 4.99 Å². The van der Waals surface area contributed by atoms with E-state index in [4.69, 9.17) is 16.3 Å². The molecule has 0 aliphatic carbocycles. The van der Waals surface area contributed by atoms with E-state index < -0.39 is 15.8 Å². The second kappa shape index (κ2) is 6.73. The Morgan fingerprint density at radius 1 is 1.04 bits per heavy atom. The molecule has 0 unspecified atom stereocenters. The summed E-state index contributed by atoms with van der Waals surface area (Å²) in [5.41, 5.74) is 0.265. The van der Waals surface area contributed by atoms with E-state index in [0.29, 0.717) is 11.1 Å². The maximum absolute atomic E-state index is 12.0. The SMILES string of the molecule is O=C1OC(c2ccc([N+](=O)[O-])cc2)=N/C1=C\c1ccc(Cl)c([N+](=O)[O-])c1.